The molecule has 0 saturated heterocycles. The van der Waals surface area contributed by atoms with Crippen LogP contribution in [-0.4, -0.2) is 16.9 Å². The lowest BCUT2D eigenvalue weighted by Crippen LogP contribution is -2.54. The van der Waals surface area contributed by atoms with Gasteiger partial charge in [0.05, 0.1) is 11.8 Å². The molecule has 7 atom stereocenters. The Kier molecular flexibility index (Phi) is 4.58. The number of oxime groups is 1. The van der Waals surface area contributed by atoms with Crippen LogP contribution in [0, 0.1) is 34.5 Å². The summed E-state index contributed by atoms with van der Waals surface area (Å²) in [7, 11) is 0. The van der Waals surface area contributed by atoms with Crippen LogP contribution in [0.5, 0.6) is 5.75 Å². The number of benzene rings is 1. The highest BCUT2D eigenvalue weighted by molar-refractivity contribution is 5.85. The van der Waals surface area contributed by atoms with Gasteiger partial charge in [-0.15, -0.1) is 0 Å². The molecule has 0 heterocycles. The Labute approximate surface area is 169 Å². The Morgan fingerprint density at radius 2 is 1.71 bits per heavy atom. The maximum Gasteiger partial charge on any atom is 0.157 e. The first-order valence-corrected chi connectivity index (χ1v) is 11.5. The molecule has 4 fully saturated rings. The second-order valence-electron chi connectivity index (χ2n) is 10.6. The van der Waals surface area contributed by atoms with E-state index in [-0.39, 0.29) is 11.5 Å². The van der Waals surface area contributed by atoms with Gasteiger partial charge in [0.2, 0.25) is 0 Å². The van der Waals surface area contributed by atoms with E-state index in [1.165, 1.54) is 44.2 Å². The first kappa shape index (κ1) is 18.7. The molecule has 4 aliphatic rings. The number of rotatable bonds is 2. The average Bonchev–Trinajstić information content (AvgIpc) is 3.02. The minimum Gasteiger partial charge on any atom is -0.393 e. The maximum absolute atomic E-state index is 10.6. The van der Waals surface area contributed by atoms with Crippen molar-refractivity contribution in [2.24, 2.45) is 39.7 Å². The van der Waals surface area contributed by atoms with Crippen molar-refractivity contribution < 1.29 is 9.94 Å². The van der Waals surface area contributed by atoms with Crippen LogP contribution in [0.3, 0.4) is 0 Å². The molecule has 3 heteroatoms. The third kappa shape index (κ3) is 2.84. The van der Waals surface area contributed by atoms with Crippen molar-refractivity contribution in [3.8, 4) is 5.75 Å². The lowest BCUT2D eigenvalue weighted by atomic mass is 9.45. The first-order chi connectivity index (χ1) is 13.5. The van der Waals surface area contributed by atoms with Gasteiger partial charge in [-0.2, -0.15) is 0 Å². The fourth-order valence-corrected chi connectivity index (χ4v) is 7.71. The Morgan fingerprint density at radius 1 is 0.929 bits per heavy atom. The summed E-state index contributed by atoms with van der Waals surface area (Å²) >= 11 is 0. The van der Waals surface area contributed by atoms with Gasteiger partial charge in [0.25, 0.3) is 0 Å². The van der Waals surface area contributed by atoms with Crippen LogP contribution in [0.2, 0.25) is 0 Å². The summed E-state index contributed by atoms with van der Waals surface area (Å²) in [4.78, 5) is 5.71. The van der Waals surface area contributed by atoms with Crippen molar-refractivity contribution in [3.05, 3.63) is 30.3 Å². The largest absolute Gasteiger partial charge is 0.393 e. The minimum atomic E-state index is -0.0655. The van der Waals surface area contributed by atoms with Gasteiger partial charge in [-0.1, -0.05) is 37.2 Å². The summed E-state index contributed by atoms with van der Waals surface area (Å²) in [5.74, 6) is 3.99. The van der Waals surface area contributed by atoms with Crippen LogP contribution in [0.15, 0.2) is 35.5 Å². The summed E-state index contributed by atoms with van der Waals surface area (Å²) in [5.41, 5.74) is 1.89. The molecule has 0 amide bonds. The third-order valence-electron chi connectivity index (χ3n) is 9.47. The van der Waals surface area contributed by atoms with E-state index >= 15 is 0 Å². The molecular weight excluding hydrogens is 346 g/mol. The number of aliphatic hydroxyl groups is 1. The fourth-order valence-electron chi connectivity index (χ4n) is 7.71. The zero-order chi connectivity index (χ0) is 19.4. The summed E-state index contributed by atoms with van der Waals surface area (Å²) in [6, 6.07) is 9.93. The molecule has 1 N–H and O–H groups in total. The number of para-hydroxylation sites is 1. The second kappa shape index (κ2) is 6.86. The number of hydrogen-bond acceptors (Lipinski definition) is 3. The van der Waals surface area contributed by atoms with Crippen LogP contribution in [0.25, 0.3) is 0 Å². The highest BCUT2D eigenvalue weighted by Crippen LogP contribution is 2.65. The Bertz CT molecular complexity index is 746. The number of nitrogens with zero attached hydrogens (tertiary/aromatic N) is 1. The third-order valence-corrected chi connectivity index (χ3v) is 9.47. The molecule has 0 radical (unpaired) electrons. The van der Waals surface area contributed by atoms with Gasteiger partial charge in [0, 0.05) is 0 Å². The summed E-state index contributed by atoms with van der Waals surface area (Å²) in [5, 5.41) is 15.2. The molecule has 152 valence electrons. The topological polar surface area (TPSA) is 41.8 Å². The van der Waals surface area contributed by atoms with Gasteiger partial charge in [-0.3, -0.25) is 0 Å². The number of aliphatic hydroxyl groups excluding tert-OH is 1. The van der Waals surface area contributed by atoms with Crippen LogP contribution >= 0.6 is 0 Å². The number of hydrogen-bond donors (Lipinski definition) is 1. The predicted molar refractivity (Wildman–Crippen MR) is 112 cm³/mol. The highest BCUT2D eigenvalue weighted by atomic mass is 16.6. The van der Waals surface area contributed by atoms with Crippen LogP contribution in [0.4, 0.5) is 0 Å². The summed E-state index contributed by atoms with van der Waals surface area (Å²) in [6.07, 6.45) is 10.9. The highest BCUT2D eigenvalue weighted by Gasteiger charge is 2.59. The maximum atomic E-state index is 10.6. The second-order valence-corrected chi connectivity index (χ2v) is 10.6. The van der Waals surface area contributed by atoms with Crippen LogP contribution < -0.4 is 4.84 Å². The van der Waals surface area contributed by atoms with E-state index in [1.54, 1.807) is 0 Å². The van der Waals surface area contributed by atoms with Gasteiger partial charge < -0.3 is 9.94 Å². The molecule has 0 unspecified atom stereocenters. The lowest BCUT2D eigenvalue weighted by molar-refractivity contribution is -0.112. The molecule has 4 aliphatic carbocycles. The first-order valence-electron chi connectivity index (χ1n) is 11.5. The van der Waals surface area contributed by atoms with E-state index < -0.39 is 0 Å². The van der Waals surface area contributed by atoms with Crippen molar-refractivity contribution in [1.29, 1.82) is 0 Å². The standard InChI is InChI=1S/C25H35NO2/c1-24-14-12-18(26-28-19-6-4-3-5-7-19)16-17(24)8-9-20-21-10-11-23(27)25(21,2)15-13-22(20)24/h3-7,17,20-23,27H,8-16H2,1-2H3/b26-18+/t17-,20-,21-,22-,23-,24-,25-/m0/s1. The minimum absolute atomic E-state index is 0.0655. The predicted octanol–water partition coefficient (Wildman–Crippen LogP) is 5.83. The molecule has 0 aromatic heterocycles. The molecule has 1 aromatic rings. The van der Waals surface area contributed by atoms with Crippen molar-refractivity contribution in [3.63, 3.8) is 0 Å². The van der Waals surface area contributed by atoms with E-state index in [0.29, 0.717) is 5.41 Å². The zero-order valence-corrected chi connectivity index (χ0v) is 17.4. The normalized spacial score (nSPS) is 46.5. The van der Waals surface area contributed by atoms with Gasteiger partial charge in [0.15, 0.2) is 5.75 Å². The molecule has 0 spiro atoms. The zero-order valence-electron chi connectivity index (χ0n) is 17.4. The molecule has 0 bridgehead atoms. The molecule has 28 heavy (non-hydrogen) atoms. The Balaban J connectivity index is 1.31. The Hall–Kier alpha value is -1.35. The molecule has 3 nitrogen and oxygen atoms in total. The van der Waals surface area contributed by atoms with Crippen molar-refractivity contribution in [2.45, 2.75) is 77.7 Å². The fraction of sp³-hybridized carbons (Fsp3) is 0.720. The smallest absolute Gasteiger partial charge is 0.157 e. The summed E-state index contributed by atoms with van der Waals surface area (Å²) < 4.78 is 0. The number of fused-ring (bicyclic) bond motifs is 5. The molecule has 5 rings (SSSR count). The van der Waals surface area contributed by atoms with Crippen molar-refractivity contribution >= 4 is 5.71 Å². The quantitative estimate of drug-likeness (QED) is 0.655. The SMILES string of the molecule is C[C@]12CC/C(=N\Oc3ccccc3)C[C@@H]1CC[C@@H]1[C@@H]2CC[C@]2(C)[C@@H](O)CC[C@@H]12. The van der Waals surface area contributed by atoms with Gasteiger partial charge in [0.1, 0.15) is 0 Å². The van der Waals surface area contributed by atoms with E-state index in [4.69, 9.17) is 4.84 Å². The molecule has 4 saturated carbocycles. The Morgan fingerprint density at radius 3 is 2.54 bits per heavy atom. The lowest BCUT2D eigenvalue weighted by Gasteiger charge is -2.60. The molecular formula is C25H35NO2. The monoisotopic (exact) mass is 381 g/mol. The van der Waals surface area contributed by atoms with E-state index in [1.807, 2.05) is 30.3 Å². The van der Waals surface area contributed by atoms with E-state index in [9.17, 15) is 5.11 Å². The molecule has 0 aliphatic heterocycles. The average molecular weight is 382 g/mol. The van der Waals surface area contributed by atoms with Crippen molar-refractivity contribution in [1.82, 2.24) is 0 Å². The van der Waals surface area contributed by atoms with Gasteiger partial charge in [-0.25, -0.2) is 0 Å². The van der Waals surface area contributed by atoms with Crippen LogP contribution in [0.1, 0.15) is 71.6 Å². The van der Waals surface area contributed by atoms with E-state index in [2.05, 4.69) is 19.0 Å². The molecule has 1 aromatic carbocycles. The van der Waals surface area contributed by atoms with Crippen molar-refractivity contribution in [2.75, 3.05) is 0 Å². The van der Waals surface area contributed by atoms with Gasteiger partial charge >= 0.3 is 0 Å². The van der Waals surface area contributed by atoms with Crippen LogP contribution in [-0.2, 0) is 0 Å². The van der Waals surface area contributed by atoms with Gasteiger partial charge in [-0.05, 0) is 104 Å². The van der Waals surface area contributed by atoms with E-state index in [0.717, 1.165) is 48.7 Å². The summed E-state index contributed by atoms with van der Waals surface area (Å²) in [6.45, 7) is 4.96.